The van der Waals surface area contributed by atoms with Crippen molar-refractivity contribution in [1.82, 2.24) is 15.5 Å². The molecule has 7 nitrogen and oxygen atoms in total. The van der Waals surface area contributed by atoms with Crippen LogP contribution in [0.2, 0.25) is 0 Å². The van der Waals surface area contributed by atoms with Gasteiger partial charge in [0.25, 0.3) is 5.91 Å². The highest BCUT2D eigenvalue weighted by molar-refractivity contribution is 6.09. The number of hydrogen-bond acceptors (Lipinski definition) is 4. The van der Waals surface area contributed by atoms with Crippen molar-refractivity contribution in [2.24, 2.45) is 0 Å². The maximum absolute atomic E-state index is 13.4. The summed E-state index contributed by atoms with van der Waals surface area (Å²) in [4.78, 5) is 41.5. The molecule has 1 aliphatic rings. The van der Waals surface area contributed by atoms with Crippen LogP contribution in [0.5, 0.6) is 0 Å². The van der Waals surface area contributed by atoms with Gasteiger partial charge in [0.2, 0.25) is 5.91 Å². The summed E-state index contributed by atoms with van der Waals surface area (Å²) in [6.45, 7) is 2.81. The van der Waals surface area contributed by atoms with Crippen molar-refractivity contribution in [3.8, 4) is 0 Å². The van der Waals surface area contributed by atoms with Gasteiger partial charge in [-0.2, -0.15) is 0 Å². The van der Waals surface area contributed by atoms with Gasteiger partial charge in [0, 0.05) is 25.8 Å². The molecule has 2 aromatic carbocycles. The molecular weight excluding hydrogens is 423 g/mol. The van der Waals surface area contributed by atoms with Crippen molar-refractivity contribution >= 4 is 23.5 Å². The number of carbonyl (C=O) groups is 3. The quantitative estimate of drug-likeness (QED) is 0.403. The third kappa shape index (κ3) is 5.69. The first-order chi connectivity index (χ1) is 15.9. The first-order valence-corrected chi connectivity index (χ1v) is 11.3. The Hall–Kier alpha value is -3.42. The number of nitrogens with one attached hydrogen (secondary N) is 2. The summed E-state index contributed by atoms with van der Waals surface area (Å²) in [7, 11) is 1.98. The number of halogens is 1. The van der Waals surface area contributed by atoms with Gasteiger partial charge in [0.15, 0.2) is 0 Å². The van der Waals surface area contributed by atoms with E-state index in [1.807, 2.05) is 44.3 Å². The standard InChI is InChI=1S/C25H31FN4O3/c1-3-4-15-25(19-11-13-20(26)14-12-19)23(32)30(24(33)28-25)18-22(31)27-16-8-17-29(2)21-9-6-5-7-10-21/h5-7,9-14H,3-4,8,15-18H2,1-2H3,(H,27,31)(H,28,33). The number of benzene rings is 2. The number of amides is 4. The van der Waals surface area contributed by atoms with E-state index in [9.17, 15) is 18.8 Å². The van der Waals surface area contributed by atoms with Crippen LogP contribution in [0.1, 0.15) is 38.2 Å². The van der Waals surface area contributed by atoms with E-state index in [4.69, 9.17) is 0 Å². The average molecular weight is 455 g/mol. The third-order valence-electron chi connectivity index (χ3n) is 5.91. The molecule has 0 saturated carbocycles. The predicted molar refractivity (Wildman–Crippen MR) is 125 cm³/mol. The number of urea groups is 1. The Balaban J connectivity index is 1.57. The molecule has 176 valence electrons. The molecule has 3 rings (SSSR count). The molecule has 0 spiro atoms. The number of carbonyl (C=O) groups excluding carboxylic acids is 3. The zero-order valence-electron chi connectivity index (χ0n) is 19.1. The van der Waals surface area contributed by atoms with Crippen LogP contribution < -0.4 is 15.5 Å². The number of rotatable bonds is 11. The summed E-state index contributed by atoms with van der Waals surface area (Å²) < 4.78 is 13.4. The highest BCUT2D eigenvalue weighted by Crippen LogP contribution is 2.34. The Morgan fingerprint density at radius 3 is 2.45 bits per heavy atom. The van der Waals surface area contributed by atoms with E-state index in [1.165, 1.54) is 24.3 Å². The first-order valence-electron chi connectivity index (χ1n) is 11.3. The fourth-order valence-corrected chi connectivity index (χ4v) is 4.01. The summed E-state index contributed by atoms with van der Waals surface area (Å²) in [6.07, 6.45) is 2.61. The summed E-state index contributed by atoms with van der Waals surface area (Å²) >= 11 is 0. The number of imide groups is 1. The second-order valence-electron chi connectivity index (χ2n) is 8.30. The van der Waals surface area contributed by atoms with Crippen molar-refractivity contribution in [2.75, 3.05) is 31.6 Å². The van der Waals surface area contributed by atoms with Crippen LogP contribution >= 0.6 is 0 Å². The van der Waals surface area contributed by atoms with Crippen molar-refractivity contribution < 1.29 is 18.8 Å². The molecule has 1 saturated heterocycles. The molecule has 8 heteroatoms. The van der Waals surface area contributed by atoms with E-state index >= 15 is 0 Å². The highest BCUT2D eigenvalue weighted by Gasteiger charge is 2.52. The second kappa shape index (κ2) is 10.9. The molecule has 0 aliphatic carbocycles. The minimum Gasteiger partial charge on any atom is -0.375 e. The lowest BCUT2D eigenvalue weighted by Crippen LogP contribution is -2.45. The minimum absolute atomic E-state index is 0.353. The normalized spacial score (nSPS) is 17.7. The molecule has 1 aliphatic heterocycles. The molecule has 1 atom stereocenters. The van der Waals surface area contributed by atoms with Gasteiger partial charge >= 0.3 is 6.03 Å². The van der Waals surface area contributed by atoms with Crippen LogP contribution in [0.4, 0.5) is 14.9 Å². The molecule has 2 N–H and O–H groups in total. The maximum atomic E-state index is 13.4. The molecule has 0 aromatic heterocycles. The number of nitrogens with zero attached hydrogens (tertiary/aromatic N) is 2. The molecule has 4 amide bonds. The van der Waals surface area contributed by atoms with Crippen LogP contribution in [0.15, 0.2) is 54.6 Å². The SMILES string of the molecule is CCCCC1(c2ccc(F)cc2)NC(=O)N(CC(=O)NCCCN(C)c2ccccc2)C1=O. The Morgan fingerprint density at radius 2 is 1.79 bits per heavy atom. The molecule has 1 heterocycles. The van der Waals surface area contributed by atoms with Gasteiger partial charge in [-0.25, -0.2) is 9.18 Å². The number of hydrogen-bond donors (Lipinski definition) is 2. The highest BCUT2D eigenvalue weighted by atomic mass is 19.1. The van der Waals surface area contributed by atoms with E-state index in [1.54, 1.807) is 0 Å². The van der Waals surface area contributed by atoms with E-state index < -0.39 is 29.2 Å². The topological polar surface area (TPSA) is 81.8 Å². The van der Waals surface area contributed by atoms with Crippen molar-refractivity contribution in [3.63, 3.8) is 0 Å². The molecule has 33 heavy (non-hydrogen) atoms. The largest absolute Gasteiger partial charge is 0.375 e. The van der Waals surface area contributed by atoms with Crippen molar-refractivity contribution in [2.45, 2.75) is 38.1 Å². The molecule has 2 aromatic rings. The van der Waals surface area contributed by atoms with Gasteiger partial charge in [0.05, 0.1) is 0 Å². The average Bonchev–Trinajstić information content (AvgIpc) is 3.06. The van der Waals surface area contributed by atoms with Gasteiger partial charge in [-0.05, 0) is 42.7 Å². The van der Waals surface area contributed by atoms with E-state index in [-0.39, 0.29) is 6.54 Å². The minimum atomic E-state index is -1.28. The zero-order chi connectivity index (χ0) is 23.8. The van der Waals surface area contributed by atoms with Gasteiger partial charge in [-0.1, -0.05) is 50.1 Å². The smallest absolute Gasteiger partial charge is 0.325 e. The lowest BCUT2D eigenvalue weighted by molar-refractivity contribution is -0.135. The van der Waals surface area contributed by atoms with E-state index in [2.05, 4.69) is 15.5 Å². The first kappa shape index (κ1) is 24.2. The van der Waals surface area contributed by atoms with Crippen LogP contribution in [0.3, 0.4) is 0 Å². The number of unbranched alkanes of at least 4 members (excludes halogenated alkanes) is 1. The van der Waals surface area contributed by atoms with Gasteiger partial charge in [-0.3, -0.25) is 14.5 Å². The molecule has 1 fully saturated rings. The van der Waals surface area contributed by atoms with Crippen LogP contribution in [0, 0.1) is 5.82 Å². The predicted octanol–water partition coefficient (Wildman–Crippen LogP) is 3.41. The van der Waals surface area contributed by atoms with Crippen LogP contribution in [-0.2, 0) is 15.1 Å². The van der Waals surface area contributed by atoms with Gasteiger partial charge in [0.1, 0.15) is 17.9 Å². The molecule has 1 unspecified atom stereocenters. The Labute approximate surface area is 193 Å². The summed E-state index contributed by atoms with van der Waals surface area (Å²) in [5.74, 6) is -1.30. The Morgan fingerprint density at radius 1 is 1.09 bits per heavy atom. The zero-order valence-corrected chi connectivity index (χ0v) is 19.1. The summed E-state index contributed by atoms with van der Waals surface area (Å²) in [5, 5.41) is 5.56. The maximum Gasteiger partial charge on any atom is 0.325 e. The molecular formula is C25H31FN4O3. The summed E-state index contributed by atoms with van der Waals surface area (Å²) in [6, 6.07) is 14.9. The molecule has 0 bridgehead atoms. The lowest BCUT2D eigenvalue weighted by Gasteiger charge is -2.27. The monoisotopic (exact) mass is 454 g/mol. The van der Waals surface area contributed by atoms with Crippen LogP contribution in [-0.4, -0.2) is 49.4 Å². The van der Waals surface area contributed by atoms with Gasteiger partial charge in [-0.15, -0.1) is 0 Å². The summed E-state index contributed by atoms with van der Waals surface area (Å²) in [5.41, 5.74) is 0.328. The lowest BCUT2D eigenvalue weighted by atomic mass is 9.85. The van der Waals surface area contributed by atoms with Crippen LogP contribution in [0.25, 0.3) is 0 Å². The van der Waals surface area contributed by atoms with Gasteiger partial charge < -0.3 is 15.5 Å². The Bertz CT molecular complexity index is 967. The third-order valence-corrected chi connectivity index (χ3v) is 5.91. The second-order valence-corrected chi connectivity index (χ2v) is 8.30. The van der Waals surface area contributed by atoms with E-state index in [0.717, 1.165) is 23.6 Å². The van der Waals surface area contributed by atoms with Crippen molar-refractivity contribution in [3.05, 3.63) is 66.0 Å². The number of para-hydroxylation sites is 1. The fourth-order valence-electron chi connectivity index (χ4n) is 4.01. The fraction of sp³-hybridized carbons (Fsp3) is 0.400. The van der Waals surface area contributed by atoms with Crippen molar-refractivity contribution in [1.29, 1.82) is 0 Å². The molecule has 0 radical (unpaired) electrons. The number of anilines is 1. The Kier molecular flexibility index (Phi) is 8.03. The van der Waals surface area contributed by atoms with E-state index in [0.29, 0.717) is 31.4 Å².